The molecule has 0 aliphatic carbocycles. The molecule has 0 amide bonds. The number of aromatic hydroxyl groups is 1. The van der Waals surface area contributed by atoms with Gasteiger partial charge in [-0.1, -0.05) is 0 Å². The number of hydrogen-bond acceptors (Lipinski definition) is 3. The van der Waals surface area contributed by atoms with Crippen LogP contribution in [0.15, 0.2) is 18.2 Å². The van der Waals surface area contributed by atoms with Crippen molar-refractivity contribution in [3.63, 3.8) is 0 Å². The third-order valence-corrected chi connectivity index (χ3v) is 2.40. The van der Waals surface area contributed by atoms with Crippen LogP contribution >= 0.6 is 0 Å². The van der Waals surface area contributed by atoms with Crippen LogP contribution in [0.5, 0.6) is 5.75 Å². The monoisotopic (exact) mass is 242 g/mol. The molecule has 0 radical (unpaired) electrons. The summed E-state index contributed by atoms with van der Waals surface area (Å²) in [5.74, 6) is -4.75. The van der Waals surface area contributed by atoms with Crippen molar-refractivity contribution in [1.82, 2.24) is 0 Å². The minimum atomic E-state index is -2.46. The van der Waals surface area contributed by atoms with Gasteiger partial charge in [0.05, 0.1) is 5.46 Å². The van der Waals surface area contributed by atoms with Crippen molar-refractivity contribution in [3.05, 3.63) is 35.7 Å². The maximum atomic E-state index is 13.7. The van der Waals surface area contributed by atoms with Gasteiger partial charge in [-0.15, -0.1) is 0 Å². The smallest absolute Gasteiger partial charge is 0.494 e. The SMILES string of the molecule is OB(O)c1c(F)c(F)c2cc(O)ccc2c1F. The van der Waals surface area contributed by atoms with Gasteiger partial charge in [-0.3, -0.25) is 0 Å². The molecule has 0 saturated heterocycles. The van der Waals surface area contributed by atoms with Gasteiger partial charge in [0.15, 0.2) is 11.6 Å². The Balaban J connectivity index is 2.94. The Morgan fingerprint density at radius 2 is 1.53 bits per heavy atom. The summed E-state index contributed by atoms with van der Waals surface area (Å²) >= 11 is 0. The molecule has 0 aromatic heterocycles. The molecule has 0 spiro atoms. The predicted molar refractivity (Wildman–Crippen MR) is 55.3 cm³/mol. The molecule has 7 heteroatoms. The minimum absolute atomic E-state index is 0.343. The Morgan fingerprint density at radius 3 is 2.12 bits per heavy atom. The fraction of sp³-hybridized carbons (Fsp3) is 0. The normalized spacial score (nSPS) is 10.9. The highest BCUT2D eigenvalue weighted by Gasteiger charge is 2.27. The van der Waals surface area contributed by atoms with Crippen LogP contribution in [0.2, 0.25) is 0 Å². The summed E-state index contributed by atoms with van der Waals surface area (Å²) in [6.45, 7) is 0. The van der Waals surface area contributed by atoms with Gasteiger partial charge >= 0.3 is 7.12 Å². The largest absolute Gasteiger partial charge is 0.508 e. The van der Waals surface area contributed by atoms with Gasteiger partial charge < -0.3 is 15.2 Å². The lowest BCUT2D eigenvalue weighted by molar-refractivity contribution is 0.416. The minimum Gasteiger partial charge on any atom is -0.508 e. The zero-order valence-corrected chi connectivity index (χ0v) is 8.28. The molecule has 2 rings (SSSR count). The Hall–Kier alpha value is -1.73. The Morgan fingerprint density at radius 1 is 0.882 bits per heavy atom. The van der Waals surface area contributed by atoms with E-state index >= 15 is 0 Å². The molecule has 2 aromatic rings. The van der Waals surface area contributed by atoms with E-state index in [-0.39, 0.29) is 11.1 Å². The number of hydrogen-bond donors (Lipinski definition) is 3. The van der Waals surface area contributed by atoms with Crippen molar-refractivity contribution in [2.75, 3.05) is 0 Å². The molecule has 0 saturated carbocycles. The van der Waals surface area contributed by atoms with Gasteiger partial charge in [0.1, 0.15) is 11.6 Å². The highest BCUT2D eigenvalue weighted by molar-refractivity contribution is 6.59. The third-order valence-electron chi connectivity index (χ3n) is 2.40. The Labute approximate surface area is 93.9 Å². The lowest BCUT2D eigenvalue weighted by atomic mass is 9.78. The topological polar surface area (TPSA) is 60.7 Å². The van der Waals surface area contributed by atoms with Gasteiger partial charge in [0.2, 0.25) is 0 Å². The zero-order valence-electron chi connectivity index (χ0n) is 8.28. The molecule has 2 aromatic carbocycles. The number of benzene rings is 2. The maximum absolute atomic E-state index is 13.7. The van der Waals surface area contributed by atoms with Gasteiger partial charge in [0, 0.05) is 10.8 Å². The second-order valence-electron chi connectivity index (χ2n) is 3.46. The lowest BCUT2D eigenvalue weighted by Gasteiger charge is -2.09. The van der Waals surface area contributed by atoms with Crippen LogP contribution in [0.4, 0.5) is 13.2 Å². The quantitative estimate of drug-likeness (QED) is 0.508. The summed E-state index contributed by atoms with van der Waals surface area (Å²) in [4.78, 5) is 0. The van der Waals surface area contributed by atoms with Crippen LogP contribution < -0.4 is 5.46 Å². The Bertz CT molecular complexity index is 601. The highest BCUT2D eigenvalue weighted by atomic mass is 19.2. The van der Waals surface area contributed by atoms with E-state index in [0.29, 0.717) is 0 Å². The van der Waals surface area contributed by atoms with Crippen molar-refractivity contribution in [1.29, 1.82) is 0 Å². The molecule has 3 nitrogen and oxygen atoms in total. The standard InChI is InChI=1S/C10H6BF3O3/c12-8-5-2-1-4(15)3-6(5)9(13)10(14)7(8)11(16)17/h1-3,15-17H. The summed E-state index contributed by atoms with van der Waals surface area (Å²) in [6.07, 6.45) is 0. The summed E-state index contributed by atoms with van der Waals surface area (Å²) in [5, 5.41) is 25.9. The van der Waals surface area contributed by atoms with E-state index in [4.69, 9.17) is 15.2 Å². The third kappa shape index (κ3) is 1.73. The van der Waals surface area contributed by atoms with E-state index < -0.39 is 35.4 Å². The zero-order chi connectivity index (χ0) is 12.7. The van der Waals surface area contributed by atoms with Crippen LogP contribution in [-0.4, -0.2) is 22.3 Å². The van der Waals surface area contributed by atoms with E-state index in [2.05, 4.69) is 0 Å². The number of phenolic OH excluding ortho intramolecular Hbond substituents is 1. The molecular formula is C10H6BF3O3. The fourth-order valence-corrected chi connectivity index (χ4v) is 1.61. The van der Waals surface area contributed by atoms with Crippen molar-refractivity contribution < 1.29 is 28.3 Å². The first kappa shape index (κ1) is 11.8. The summed E-state index contributed by atoms with van der Waals surface area (Å²) in [6, 6.07) is 2.95. The average molecular weight is 242 g/mol. The number of rotatable bonds is 1. The first-order valence-electron chi connectivity index (χ1n) is 4.58. The van der Waals surface area contributed by atoms with E-state index in [1.54, 1.807) is 0 Å². The van der Waals surface area contributed by atoms with E-state index in [1.807, 2.05) is 0 Å². The van der Waals surface area contributed by atoms with Crippen molar-refractivity contribution in [3.8, 4) is 5.75 Å². The van der Waals surface area contributed by atoms with Crippen LogP contribution in [0.25, 0.3) is 10.8 Å². The number of fused-ring (bicyclic) bond motifs is 1. The maximum Gasteiger partial charge on any atom is 0.494 e. The van der Waals surface area contributed by atoms with Crippen LogP contribution in [0, 0.1) is 17.5 Å². The molecule has 0 aliphatic heterocycles. The second kappa shape index (κ2) is 3.94. The average Bonchev–Trinajstić information content (AvgIpc) is 2.25. The van der Waals surface area contributed by atoms with Crippen molar-refractivity contribution in [2.45, 2.75) is 0 Å². The van der Waals surface area contributed by atoms with Crippen LogP contribution in [0.1, 0.15) is 0 Å². The number of halogens is 3. The molecule has 88 valence electrons. The van der Waals surface area contributed by atoms with Crippen molar-refractivity contribution in [2.24, 2.45) is 0 Å². The van der Waals surface area contributed by atoms with E-state index in [1.165, 1.54) is 0 Å². The molecular weight excluding hydrogens is 236 g/mol. The van der Waals surface area contributed by atoms with E-state index in [9.17, 15) is 13.2 Å². The molecule has 0 unspecified atom stereocenters. The molecule has 0 aliphatic rings. The summed E-state index contributed by atoms with van der Waals surface area (Å²) in [5.41, 5.74) is -1.15. The molecule has 17 heavy (non-hydrogen) atoms. The van der Waals surface area contributed by atoms with Crippen LogP contribution in [0.3, 0.4) is 0 Å². The second-order valence-corrected chi connectivity index (χ2v) is 3.46. The molecule has 0 bridgehead atoms. The Kier molecular flexibility index (Phi) is 2.72. The van der Waals surface area contributed by atoms with Gasteiger partial charge in [-0.2, -0.15) is 0 Å². The number of phenols is 1. The van der Waals surface area contributed by atoms with E-state index in [0.717, 1.165) is 18.2 Å². The predicted octanol–water partition coefficient (Wildman–Crippen LogP) is 0.642. The molecule has 3 N–H and O–H groups in total. The first-order chi connectivity index (χ1) is 7.93. The van der Waals surface area contributed by atoms with Gasteiger partial charge in [-0.25, -0.2) is 13.2 Å². The fourth-order valence-electron chi connectivity index (χ4n) is 1.61. The van der Waals surface area contributed by atoms with Crippen LogP contribution in [-0.2, 0) is 0 Å². The highest BCUT2D eigenvalue weighted by Crippen LogP contribution is 2.26. The molecule has 0 heterocycles. The van der Waals surface area contributed by atoms with Crippen molar-refractivity contribution >= 4 is 23.4 Å². The summed E-state index contributed by atoms with van der Waals surface area (Å²) < 4.78 is 40.5. The van der Waals surface area contributed by atoms with Gasteiger partial charge in [0.25, 0.3) is 0 Å². The summed E-state index contributed by atoms with van der Waals surface area (Å²) in [7, 11) is -2.46. The van der Waals surface area contributed by atoms with Gasteiger partial charge in [-0.05, 0) is 18.2 Å². The lowest BCUT2D eigenvalue weighted by Crippen LogP contribution is -2.36. The molecule has 0 fully saturated rings. The first-order valence-corrected chi connectivity index (χ1v) is 4.58. The molecule has 0 atom stereocenters.